The number of benzene rings is 2. The second kappa shape index (κ2) is 7.52. The van der Waals surface area contributed by atoms with Crippen LogP contribution >= 0.6 is 0 Å². The number of anilines is 1. The molecule has 7 nitrogen and oxygen atoms in total. The zero-order valence-electron chi connectivity index (χ0n) is 16.0. The van der Waals surface area contributed by atoms with Gasteiger partial charge in [-0.3, -0.25) is 14.7 Å². The van der Waals surface area contributed by atoms with Crippen molar-refractivity contribution in [1.29, 1.82) is 0 Å². The highest BCUT2D eigenvalue weighted by Crippen LogP contribution is 2.28. The molecule has 0 amide bonds. The summed E-state index contributed by atoms with van der Waals surface area (Å²) in [6.07, 6.45) is 0. The van der Waals surface area contributed by atoms with Gasteiger partial charge in [0.05, 0.1) is 24.4 Å². The van der Waals surface area contributed by atoms with E-state index in [0.29, 0.717) is 16.7 Å². The van der Waals surface area contributed by atoms with Crippen molar-refractivity contribution >= 4 is 22.6 Å². The number of hydrogen-bond acceptors (Lipinski definition) is 6. The maximum atomic E-state index is 12.9. The van der Waals surface area contributed by atoms with Crippen LogP contribution < -0.4 is 15.4 Å². The van der Waals surface area contributed by atoms with E-state index in [1.165, 1.54) is 0 Å². The zero-order valence-corrected chi connectivity index (χ0v) is 16.0. The monoisotopic (exact) mass is 381 g/mol. The lowest BCUT2D eigenvalue weighted by atomic mass is 10.0. The summed E-state index contributed by atoms with van der Waals surface area (Å²) in [5.41, 5.74) is 2.63. The Hall–Kier alpha value is -3.06. The number of hydrogen-bond donors (Lipinski definition) is 1. The number of nitrogens with zero attached hydrogens (tertiary/aromatic N) is 2. The number of Topliss-reactive ketones (excluding diaryl/α,β-unsaturated/α-hetero) is 1. The van der Waals surface area contributed by atoms with E-state index in [2.05, 4.69) is 20.9 Å². The molecular weight excluding hydrogens is 358 g/mol. The Morgan fingerprint density at radius 1 is 1.14 bits per heavy atom. The minimum absolute atomic E-state index is 0.0245. The third-order valence-corrected chi connectivity index (χ3v) is 5.37. The van der Waals surface area contributed by atoms with Crippen molar-refractivity contribution in [2.75, 3.05) is 38.2 Å². The van der Waals surface area contributed by atoms with E-state index >= 15 is 0 Å². The minimum Gasteiger partial charge on any atom is -0.495 e. The van der Waals surface area contributed by atoms with Crippen LogP contribution in [0.4, 0.5) is 5.69 Å². The van der Waals surface area contributed by atoms with Gasteiger partial charge in [-0.15, -0.1) is 0 Å². The Kier molecular flexibility index (Phi) is 4.92. The van der Waals surface area contributed by atoms with Gasteiger partial charge in [0.2, 0.25) is 0 Å². The van der Waals surface area contributed by atoms with Crippen molar-refractivity contribution in [3.63, 3.8) is 0 Å². The van der Waals surface area contributed by atoms with Crippen LogP contribution in [0, 0.1) is 0 Å². The van der Waals surface area contributed by atoms with Crippen LogP contribution in [0.5, 0.6) is 5.75 Å². The van der Waals surface area contributed by atoms with Gasteiger partial charge in [-0.1, -0.05) is 12.1 Å². The first-order valence-electron chi connectivity index (χ1n) is 9.36. The van der Waals surface area contributed by atoms with E-state index in [4.69, 9.17) is 9.15 Å². The quantitative estimate of drug-likeness (QED) is 0.684. The second-order valence-corrected chi connectivity index (χ2v) is 6.96. The summed E-state index contributed by atoms with van der Waals surface area (Å²) in [5.74, 6) is 0.373. The number of aromatic nitrogens is 1. The van der Waals surface area contributed by atoms with Gasteiger partial charge in [0.15, 0.2) is 11.4 Å². The molecule has 1 fully saturated rings. The number of para-hydroxylation sites is 2. The fraction of sp³-hybridized carbons (Fsp3) is 0.333. The lowest BCUT2D eigenvalue weighted by Crippen LogP contribution is -2.51. The molecule has 4 rings (SSSR count). The van der Waals surface area contributed by atoms with Crippen molar-refractivity contribution in [1.82, 2.24) is 9.88 Å². The zero-order chi connectivity index (χ0) is 19.7. The molecule has 146 valence electrons. The highest BCUT2D eigenvalue weighted by Gasteiger charge is 2.27. The molecular formula is C21H23N3O4. The topological polar surface area (TPSA) is 78.8 Å². The molecule has 1 aromatic heterocycles. The number of piperazine rings is 1. The predicted molar refractivity (Wildman–Crippen MR) is 107 cm³/mol. The van der Waals surface area contributed by atoms with Crippen LogP contribution in [0.15, 0.2) is 51.7 Å². The summed E-state index contributed by atoms with van der Waals surface area (Å²) in [5, 5.41) is 0. The van der Waals surface area contributed by atoms with Crippen molar-refractivity contribution in [2.24, 2.45) is 0 Å². The molecule has 7 heteroatoms. The number of carbonyl (C=O) groups excluding carboxylic acids is 1. The Morgan fingerprint density at radius 2 is 1.89 bits per heavy atom. The van der Waals surface area contributed by atoms with Crippen molar-refractivity contribution in [3.8, 4) is 5.75 Å². The Morgan fingerprint density at radius 3 is 2.64 bits per heavy atom. The van der Waals surface area contributed by atoms with Crippen molar-refractivity contribution in [2.45, 2.75) is 13.0 Å². The normalized spacial score (nSPS) is 16.3. The number of rotatable bonds is 5. The molecule has 2 aromatic carbocycles. The van der Waals surface area contributed by atoms with Gasteiger partial charge in [-0.05, 0) is 37.3 Å². The van der Waals surface area contributed by atoms with E-state index in [9.17, 15) is 9.59 Å². The molecule has 0 spiro atoms. The van der Waals surface area contributed by atoms with Gasteiger partial charge in [0.1, 0.15) is 5.75 Å². The number of nitrogens with one attached hydrogen (secondary N) is 1. The van der Waals surface area contributed by atoms with Gasteiger partial charge < -0.3 is 14.1 Å². The molecule has 1 aliphatic rings. The molecule has 0 radical (unpaired) electrons. The van der Waals surface area contributed by atoms with Gasteiger partial charge in [-0.2, -0.15) is 0 Å². The van der Waals surface area contributed by atoms with Gasteiger partial charge in [0, 0.05) is 31.7 Å². The molecule has 1 aliphatic heterocycles. The van der Waals surface area contributed by atoms with Gasteiger partial charge in [0.25, 0.3) is 0 Å². The Labute approximate surface area is 162 Å². The largest absolute Gasteiger partial charge is 0.495 e. The first-order valence-corrected chi connectivity index (χ1v) is 9.36. The first-order chi connectivity index (χ1) is 13.6. The smallest absolute Gasteiger partial charge is 0.417 e. The van der Waals surface area contributed by atoms with Crippen molar-refractivity contribution in [3.05, 3.63) is 58.6 Å². The molecule has 3 aromatic rings. The number of carbonyl (C=O) groups is 1. The molecule has 0 bridgehead atoms. The second-order valence-electron chi connectivity index (χ2n) is 6.96. The third kappa shape index (κ3) is 3.41. The highest BCUT2D eigenvalue weighted by molar-refractivity contribution is 6.01. The van der Waals surface area contributed by atoms with Crippen LogP contribution in [0.2, 0.25) is 0 Å². The maximum Gasteiger partial charge on any atom is 0.417 e. The lowest BCUT2D eigenvalue weighted by molar-refractivity contribution is 0.0829. The molecule has 0 aliphatic carbocycles. The molecule has 2 heterocycles. The average molecular weight is 381 g/mol. The number of fused-ring (bicyclic) bond motifs is 1. The fourth-order valence-corrected chi connectivity index (χ4v) is 3.75. The van der Waals surface area contributed by atoms with E-state index in [-0.39, 0.29) is 11.8 Å². The van der Waals surface area contributed by atoms with E-state index in [0.717, 1.165) is 37.6 Å². The molecule has 1 atom stereocenters. The number of ketones is 1. The number of methoxy groups -OCH3 is 1. The first kappa shape index (κ1) is 18.3. The summed E-state index contributed by atoms with van der Waals surface area (Å²) in [6, 6.07) is 12.8. The number of aromatic amines is 1. The molecule has 28 heavy (non-hydrogen) atoms. The number of ether oxygens (including phenoxy) is 1. The minimum atomic E-state index is -0.514. The molecule has 0 saturated carbocycles. The van der Waals surface area contributed by atoms with E-state index in [1.54, 1.807) is 25.3 Å². The van der Waals surface area contributed by atoms with Gasteiger partial charge in [-0.25, -0.2) is 4.79 Å². The molecule has 1 unspecified atom stereocenters. The summed E-state index contributed by atoms with van der Waals surface area (Å²) in [4.78, 5) is 31.3. The summed E-state index contributed by atoms with van der Waals surface area (Å²) in [6.45, 7) is 5.14. The SMILES string of the molecule is COc1ccccc1N1CCN(C(C)C(=O)c2ccc3[nH]c(=O)oc3c2)CC1. The predicted octanol–water partition coefficient (Wildman–Crippen LogP) is 2.52. The fourth-order valence-electron chi connectivity index (χ4n) is 3.75. The van der Waals surface area contributed by atoms with Crippen LogP contribution in [0.1, 0.15) is 17.3 Å². The third-order valence-electron chi connectivity index (χ3n) is 5.37. The van der Waals surface area contributed by atoms with Crippen LogP contribution in [0.3, 0.4) is 0 Å². The summed E-state index contributed by atoms with van der Waals surface area (Å²) >= 11 is 0. The van der Waals surface area contributed by atoms with E-state index < -0.39 is 5.76 Å². The number of H-pyrrole nitrogens is 1. The molecule has 1 N–H and O–H groups in total. The average Bonchev–Trinajstić information content (AvgIpc) is 3.12. The Balaban J connectivity index is 1.44. The van der Waals surface area contributed by atoms with Gasteiger partial charge >= 0.3 is 5.76 Å². The van der Waals surface area contributed by atoms with Crippen LogP contribution in [0.25, 0.3) is 11.1 Å². The Bertz CT molecular complexity index is 1050. The summed E-state index contributed by atoms with van der Waals surface area (Å²) < 4.78 is 10.5. The lowest BCUT2D eigenvalue weighted by Gasteiger charge is -2.39. The number of oxazole rings is 1. The van der Waals surface area contributed by atoms with Crippen LogP contribution in [-0.2, 0) is 0 Å². The van der Waals surface area contributed by atoms with E-state index in [1.807, 2.05) is 25.1 Å². The standard InChI is InChI=1S/C21H23N3O4/c1-14(20(25)15-7-8-16-19(13-15)28-21(26)22-16)23-9-11-24(12-10-23)17-5-3-4-6-18(17)27-2/h3-8,13-14H,9-12H2,1-2H3,(H,22,26). The van der Waals surface area contributed by atoms with Crippen molar-refractivity contribution < 1.29 is 13.9 Å². The molecule has 1 saturated heterocycles. The highest BCUT2D eigenvalue weighted by atomic mass is 16.5. The maximum absolute atomic E-state index is 12.9. The summed E-state index contributed by atoms with van der Waals surface area (Å²) in [7, 11) is 1.68. The van der Waals surface area contributed by atoms with Crippen LogP contribution in [-0.4, -0.2) is 55.0 Å².